The molecule has 2 rings (SSSR count). The molecular formula is C15H15FN2S. The van der Waals surface area contributed by atoms with Gasteiger partial charge >= 0.3 is 0 Å². The first-order chi connectivity index (χ1) is 9.10. The highest BCUT2D eigenvalue weighted by molar-refractivity contribution is 7.10. The second-order valence-electron chi connectivity index (χ2n) is 4.56. The van der Waals surface area contributed by atoms with Crippen LogP contribution >= 0.6 is 11.3 Å². The van der Waals surface area contributed by atoms with Crippen LogP contribution < -0.4 is 5.32 Å². The summed E-state index contributed by atoms with van der Waals surface area (Å²) in [5, 5.41) is 13.9. The largest absolute Gasteiger partial charge is 0.308 e. The molecule has 0 spiro atoms. The molecule has 0 aliphatic rings. The number of hydrogen-bond donors (Lipinski definition) is 1. The Bertz CT molecular complexity index is 602. The van der Waals surface area contributed by atoms with Gasteiger partial charge in [0, 0.05) is 23.3 Å². The van der Waals surface area contributed by atoms with Crippen LogP contribution in [0, 0.1) is 31.0 Å². The van der Waals surface area contributed by atoms with Gasteiger partial charge in [0.15, 0.2) is 0 Å². The van der Waals surface area contributed by atoms with Crippen molar-refractivity contribution in [2.75, 3.05) is 0 Å². The molecule has 4 heteroatoms. The van der Waals surface area contributed by atoms with Crippen LogP contribution in [0.5, 0.6) is 0 Å². The molecule has 0 radical (unpaired) electrons. The minimum absolute atomic E-state index is 0.124. The number of nitrogens with zero attached hydrogens (tertiary/aromatic N) is 1. The summed E-state index contributed by atoms with van der Waals surface area (Å²) < 4.78 is 13.5. The number of aryl methyl sites for hydroxylation is 2. The van der Waals surface area contributed by atoms with E-state index in [0.29, 0.717) is 23.2 Å². The second-order valence-corrected chi connectivity index (χ2v) is 5.56. The molecule has 0 bridgehead atoms. The first kappa shape index (κ1) is 13.7. The summed E-state index contributed by atoms with van der Waals surface area (Å²) in [6, 6.07) is 7.74. The lowest BCUT2D eigenvalue weighted by atomic mass is 10.1. The van der Waals surface area contributed by atoms with E-state index < -0.39 is 0 Å². The number of halogens is 1. The molecule has 0 aliphatic heterocycles. The molecule has 0 saturated carbocycles. The number of thiophene rings is 1. The Balaban J connectivity index is 1.94. The topological polar surface area (TPSA) is 35.8 Å². The van der Waals surface area contributed by atoms with Crippen LogP contribution in [0.2, 0.25) is 0 Å². The zero-order valence-corrected chi connectivity index (χ0v) is 11.8. The smallest absolute Gasteiger partial charge is 0.129 e. The zero-order valence-electron chi connectivity index (χ0n) is 11.0. The molecule has 0 aliphatic carbocycles. The van der Waals surface area contributed by atoms with E-state index in [0.717, 1.165) is 17.0 Å². The zero-order chi connectivity index (χ0) is 13.8. The first-order valence-electron chi connectivity index (χ1n) is 6.04. The third-order valence-corrected chi connectivity index (χ3v) is 3.84. The standard InChI is InChI=1S/C15H15FN2S/c1-10-3-12(4-11(2)15(10)16)7-18-8-14-5-13(6-17)9-19-14/h3-5,9,18H,7-8H2,1-2H3. The van der Waals surface area contributed by atoms with Crippen molar-refractivity contribution in [1.29, 1.82) is 5.26 Å². The molecule has 19 heavy (non-hydrogen) atoms. The highest BCUT2D eigenvalue weighted by Crippen LogP contribution is 2.16. The van der Waals surface area contributed by atoms with Gasteiger partial charge in [-0.15, -0.1) is 11.3 Å². The van der Waals surface area contributed by atoms with Crippen LogP contribution in [0.15, 0.2) is 23.6 Å². The predicted molar refractivity (Wildman–Crippen MR) is 75.5 cm³/mol. The number of nitrogens with one attached hydrogen (secondary N) is 1. The minimum atomic E-state index is -0.124. The average molecular weight is 274 g/mol. The molecule has 98 valence electrons. The predicted octanol–water partition coefficient (Wildman–Crippen LogP) is 3.67. The number of rotatable bonds is 4. The highest BCUT2D eigenvalue weighted by atomic mass is 32.1. The molecule has 0 amide bonds. The minimum Gasteiger partial charge on any atom is -0.308 e. The van der Waals surface area contributed by atoms with Crippen LogP contribution in [-0.2, 0) is 13.1 Å². The first-order valence-corrected chi connectivity index (χ1v) is 6.92. The Hall–Kier alpha value is -1.70. The molecular weight excluding hydrogens is 259 g/mol. The van der Waals surface area contributed by atoms with E-state index in [2.05, 4.69) is 11.4 Å². The number of benzene rings is 1. The van der Waals surface area contributed by atoms with E-state index in [-0.39, 0.29) is 5.82 Å². The SMILES string of the molecule is Cc1cc(CNCc2cc(C#N)cs2)cc(C)c1F. The van der Waals surface area contributed by atoms with Crippen molar-refractivity contribution in [3.05, 3.63) is 56.5 Å². The normalized spacial score (nSPS) is 10.4. The second kappa shape index (κ2) is 5.96. The van der Waals surface area contributed by atoms with Crippen molar-refractivity contribution >= 4 is 11.3 Å². The van der Waals surface area contributed by atoms with Gasteiger partial charge in [-0.1, -0.05) is 12.1 Å². The van der Waals surface area contributed by atoms with Gasteiger partial charge in [-0.2, -0.15) is 5.26 Å². The monoisotopic (exact) mass is 274 g/mol. The van der Waals surface area contributed by atoms with Crippen LogP contribution in [0.1, 0.15) is 27.1 Å². The Labute approximate surface area is 116 Å². The van der Waals surface area contributed by atoms with Gasteiger partial charge in [-0.05, 0) is 36.6 Å². The van der Waals surface area contributed by atoms with E-state index in [1.165, 1.54) is 0 Å². The van der Waals surface area contributed by atoms with Crippen molar-refractivity contribution in [2.24, 2.45) is 0 Å². The summed E-state index contributed by atoms with van der Waals surface area (Å²) >= 11 is 1.57. The maximum Gasteiger partial charge on any atom is 0.129 e. The van der Waals surface area contributed by atoms with Crippen LogP contribution in [0.4, 0.5) is 4.39 Å². The summed E-state index contributed by atoms with van der Waals surface area (Å²) in [7, 11) is 0. The van der Waals surface area contributed by atoms with Gasteiger partial charge in [-0.25, -0.2) is 4.39 Å². The van der Waals surface area contributed by atoms with Gasteiger partial charge in [-0.3, -0.25) is 0 Å². The van der Waals surface area contributed by atoms with Crippen molar-refractivity contribution in [3.63, 3.8) is 0 Å². The van der Waals surface area contributed by atoms with Gasteiger partial charge in [0.05, 0.1) is 5.56 Å². The molecule has 1 heterocycles. The lowest BCUT2D eigenvalue weighted by Crippen LogP contribution is -2.12. The summed E-state index contributed by atoms with van der Waals surface area (Å²) in [5.74, 6) is -0.124. The van der Waals surface area contributed by atoms with Crippen molar-refractivity contribution in [2.45, 2.75) is 26.9 Å². The Morgan fingerprint density at radius 2 is 1.89 bits per heavy atom. The third-order valence-electron chi connectivity index (χ3n) is 2.91. The molecule has 0 unspecified atom stereocenters. The highest BCUT2D eigenvalue weighted by Gasteiger charge is 2.04. The molecule has 0 atom stereocenters. The van der Waals surface area contributed by atoms with E-state index >= 15 is 0 Å². The summed E-state index contributed by atoms with van der Waals surface area (Å²) in [6.45, 7) is 4.98. The molecule has 1 N–H and O–H groups in total. The quantitative estimate of drug-likeness (QED) is 0.923. The molecule has 2 nitrogen and oxygen atoms in total. The Kier molecular flexibility index (Phi) is 4.31. The van der Waals surface area contributed by atoms with Crippen molar-refractivity contribution in [1.82, 2.24) is 5.32 Å². The summed E-state index contributed by atoms with van der Waals surface area (Å²) in [6.07, 6.45) is 0. The van der Waals surface area contributed by atoms with Gasteiger partial charge in [0.1, 0.15) is 11.9 Å². The van der Waals surface area contributed by atoms with Gasteiger partial charge in [0.2, 0.25) is 0 Å². The fraction of sp³-hybridized carbons (Fsp3) is 0.267. The molecule has 2 aromatic rings. The average Bonchev–Trinajstić information content (AvgIpc) is 2.84. The summed E-state index contributed by atoms with van der Waals surface area (Å²) in [4.78, 5) is 1.13. The lowest BCUT2D eigenvalue weighted by Gasteiger charge is -2.07. The maximum absolute atomic E-state index is 13.5. The third kappa shape index (κ3) is 3.40. The molecule has 1 aromatic heterocycles. The van der Waals surface area contributed by atoms with E-state index in [9.17, 15) is 4.39 Å². The number of hydrogen-bond acceptors (Lipinski definition) is 3. The lowest BCUT2D eigenvalue weighted by molar-refractivity contribution is 0.606. The summed E-state index contributed by atoms with van der Waals surface area (Å²) in [5.41, 5.74) is 3.14. The van der Waals surface area contributed by atoms with Crippen LogP contribution in [0.3, 0.4) is 0 Å². The van der Waals surface area contributed by atoms with Crippen molar-refractivity contribution < 1.29 is 4.39 Å². The number of nitriles is 1. The fourth-order valence-corrected chi connectivity index (χ4v) is 2.78. The van der Waals surface area contributed by atoms with Crippen LogP contribution in [-0.4, -0.2) is 0 Å². The molecule has 1 aromatic carbocycles. The van der Waals surface area contributed by atoms with E-state index in [1.807, 2.05) is 23.6 Å². The maximum atomic E-state index is 13.5. The molecule has 0 saturated heterocycles. The Morgan fingerprint density at radius 3 is 2.47 bits per heavy atom. The van der Waals surface area contributed by atoms with E-state index in [4.69, 9.17) is 5.26 Å². The molecule has 0 fully saturated rings. The Morgan fingerprint density at radius 1 is 1.21 bits per heavy atom. The fourth-order valence-electron chi connectivity index (χ4n) is 2.00. The van der Waals surface area contributed by atoms with Crippen LogP contribution in [0.25, 0.3) is 0 Å². The van der Waals surface area contributed by atoms with E-state index in [1.54, 1.807) is 25.2 Å². The van der Waals surface area contributed by atoms with Gasteiger partial charge < -0.3 is 5.32 Å². The van der Waals surface area contributed by atoms with Gasteiger partial charge in [0.25, 0.3) is 0 Å². The van der Waals surface area contributed by atoms with Crippen molar-refractivity contribution in [3.8, 4) is 6.07 Å².